The van der Waals surface area contributed by atoms with Gasteiger partial charge in [0.25, 0.3) is 0 Å². The van der Waals surface area contributed by atoms with E-state index in [4.69, 9.17) is 0 Å². The molecule has 2 aliphatic rings. The van der Waals surface area contributed by atoms with Gasteiger partial charge in [0.15, 0.2) is 0 Å². The highest BCUT2D eigenvalue weighted by Gasteiger charge is 2.37. The van der Waals surface area contributed by atoms with Gasteiger partial charge in [0, 0.05) is 12.1 Å². The van der Waals surface area contributed by atoms with E-state index >= 15 is 0 Å². The molecule has 1 unspecified atom stereocenters. The molecule has 1 heteroatoms. The molecule has 0 amide bonds. The number of hydrogen-bond donors (Lipinski definition) is 1. The maximum atomic E-state index is 3.83. The molecule has 1 aromatic rings. The van der Waals surface area contributed by atoms with Crippen LogP contribution in [0.4, 0.5) is 0 Å². The average molecular weight is 243 g/mol. The van der Waals surface area contributed by atoms with E-state index in [1.807, 2.05) is 0 Å². The molecule has 0 heterocycles. The van der Waals surface area contributed by atoms with Crippen molar-refractivity contribution >= 4 is 0 Å². The molecule has 1 saturated carbocycles. The molecule has 18 heavy (non-hydrogen) atoms. The lowest BCUT2D eigenvalue weighted by Crippen LogP contribution is -2.43. The second-order valence-corrected chi connectivity index (χ2v) is 6.66. The van der Waals surface area contributed by atoms with Crippen LogP contribution in [0.25, 0.3) is 0 Å². The minimum atomic E-state index is 0.340. The minimum Gasteiger partial charge on any atom is -0.311 e. The van der Waals surface area contributed by atoms with E-state index in [1.54, 1.807) is 11.1 Å². The molecule has 0 aliphatic heterocycles. The second-order valence-electron chi connectivity index (χ2n) is 6.66. The van der Waals surface area contributed by atoms with Gasteiger partial charge >= 0.3 is 0 Å². The maximum absolute atomic E-state index is 3.83. The highest BCUT2D eigenvalue weighted by molar-refractivity contribution is 5.32. The van der Waals surface area contributed by atoms with Gasteiger partial charge in [-0.15, -0.1) is 0 Å². The van der Waals surface area contributed by atoms with Gasteiger partial charge in [-0.3, -0.25) is 0 Å². The third-order valence-corrected chi connectivity index (χ3v) is 4.90. The molecular weight excluding hydrogens is 218 g/mol. The fourth-order valence-electron chi connectivity index (χ4n) is 3.40. The van der Waals surface area contributed by atoms with Gasteiger partial charge in [-0.05, 0) is 68.9 Å². The molecule has 1 nitrogen and oxygen atoms in total. The SMILES string of the molecule is CC(C)(NCC1CCCc2ccccc21)C1CC1. The minimum absolute atomic E-state index is 0.340. The predicted octanol–water partition coefficient (Wildman–Crippen LogP) is 3.88. The third kappa shape index (κ3) is 2.47. The first-order valence-electron chi connectivity index (χ1n) is 7.49. The van der Waals surface area contributed by atoms with E-state index in [-0.39, 0.29) is 0 Å². The van der Waals surface area contributed by atoms with Crippen molar-refractivity contribution in [3.8, 4) is 0 Å². The Morgan fingerprint density at radius 3 is 2.72 bits per heavy atom. The summed E-state index contributed by atoms with van der Waals surface area (Å²) in [5.41, 5.74) is 3.52. The van der Waals surface area contributed by atoms with Crippen LogP contribution in [-0.4, -0.2) is 12.1 Å². The largest absolute Gasteiger partial charge is 0.311 e. The molecule has 0 radical (unpaired) electrons. The topological polar surface area (TPSA) is 12.0 Å². The summed E-state index contributed by atoms with van der Waals surface area (Å²) in [4.78, 5) is 0. The van der Waals surface area contributed by atoms with Crippen LogP contribution >= 0.6 is 0 Å². The van der Waals surface area contributed by atoms with Gasteiger partial charge in [-0.25, -0.2) is 0 Å². The van der Waals surface area contributed by atoms with Crippen molar-refractivity contribution in [2.45, 2.75) is 57.4 Å². The van der Waals surface area contributed by atoms with E-state index in [0.29, 0.717) is 5.54 Å². The summed E-state index contributed by atoms with van der Waals surface area (Å²) in [6.45, 7) is 5.90. The van der Waals surface area contributed by atoms with E-state index in [0.717, 1.165) is 18.4 Å². The monoisotopic (exact) mass is 243 g/mol. The van der Waals surface area contributed by atoms with Crippen molar-refractivity contribution in [2.75, 3.05) is 6.54 Å². The Kier molecular flexibility index (Phi) is 3.19. The van der Waals surface area contributed by atoms with E-state index in [1.165, 1.54) is 32.1 Å². The molecule has 0 saturated heterocycles. The van der Waals surface area contributed by atoms with Crippen molar-refractivity contribution in [3.63, 3.8) is 0 Å². The first-order chi connectivity index (χ1) is 8.67. The van der Waals surface area contributed by atoms with Gasteiger partial charge in [0.1, 0.15) is 0 Å². The Hall–Kier alpha value is -0.820. The summed E-state index contributed by atoms with van der Waals surface area (Å²) < 4.78 is 0. The number of rotatable bonds is 4. The van der Waals surface area contributed by atoms with Crippen LogP contribution in [0.2, 0.25) is 0 Å². The van der Waals surface area contributed by atoms with Gasteiger partial charge < -0.3 is 5.32 Å². The molecule has 0 aromatic heterocycles. The zero-order valence-electron chi connectivity index (χ0n) is 11.7. The zero-order chi connectivity index (χ0) is 12.6. The predicted molar refractivity (Wildman–Crippen MR) is 76.9 cm³/mol. The first-order valence-corrected chi connectivity index (χ1v) is 7.49. The molecule has 98 valence electrons. The summed E-state index contributed by atoms with van der Waals surface area (Å²) in [5, 5.41) is 3.83. The Labute approximate surface area is 111 Å². The lowest BCUT2D eigenvalue weighted by molar-refractivity contribution is 0.324. The lowest BCUT2D eigenvalue weighted by atomic mass is 9.82. The fraction of sp³-hybridized carbons (Fsp3) is 0.647. The quantitative estimate of drug-likeness (QED) is 0.846. The molecule has 1 fully saturated rings. The first kappa shape index (κ1) is 12.2. The van der Waals surface area contributed by atoms with Gasteiger partial charge in [-0.1, -0.05) is 24.3 Å². The molecule has 2 aliphatic carbocycles. The maximum Gasteiger partial charge on any atom is 0.0153 e. The van der Waals surface area contributed by atoms with Crippen molar-refractivity contribution in [3.05, 3.63) is 35.4 Å². The van der Waals surface area contributed by atoms with Crippen molar-refractivity contribution in [2.24, 2.45) is 5.92 Å². The smallest absolute Gasteiger partial charge is 0.0153 e. The summed E-state index contributed by atoms with van der Waals surface area (Å²) >= 11 is 0. The second kappa shape index (κ2) is 4.70. The summed E-state index contributed by atoms with van der Waals surface area (Å²) in [6, 6.07) is 9.03. The summed E-state index contributed by atoms with van der Waals surface area (Å²) in [6.07, 6.45) is 6.82. The molecule has 1 aromatic carbocycles. The van der Waals surface area contributed by atoms with Crippen LogP contribution in [0.3, 0.4) is 0 Å². The Morgan fingerprint density at radius 2 is 1.94 bits per heavy atom. The number of hydrogen-bond acceptors (Lipinski definition) is 1. The average Bonchev–Trinajstić information content (AvgIpc) is 3.21. The summed E-state index contributed by atoms with van der Waals surface area (Å²) in [7, 11) is 0. The van der Waals surface area contributed by atoms with Crippen LogP contribution in [0, 0.1) is 5.92 Å². The fourth-order valence-corrected chi connectivity index (χ4v) is 3.40. The summed E-state index contributed by atoms with van der Waals surface area (Å²) in [5.74, 6) is 1.64. The van der Waals surface area contributed by atoms with Crippen molar-refractivity contribution in [1.82, 2.24) is 5.32 Å². The Morgan fingerprint density at radius 1 is 1.17 bits per heavy atom. The Bertz CT molecular complexity index is 417. The van der Waals surface area contributed by atoms with E-state index in [9.17, 15) is 0 Å². The van der Waals surface area contributed by atoms with Crippen LogP contribution < -0.4 is 5.32 Å². The van der Waals surface area contributed by atoms with Crippen LogP contribution in [-0.2, 0) is 6.42 Å². The van der Waals surface area contributed by atoms with Crippen molar-refractivity contribution in [1.29, 1.82) is 0 Å². The normalized spacial score (nSPS) is 23.8. The molecule has 3 rings (SSSR count). The standard InChI is InChI=1S/C17H25N/c1-17(2,15-10-11-15)18-12-14-8-5-7-13-6-3-4-9-16(13)14/h3-4,6,9,14-15,18H,5,7-8,10-12H2,1-2H3. The molecule has 0 bridgehead atoms. The van der Waals surface area contributed by atoms with E-state index in [2.05, 4.69) is 43.4 Å². The molecular formula is C17H25N. The van der Waals surface area contributed by atoms with Crippen molar-refractivity contribution < 1.29 is 0 Å². The molecule has 0 spiro atoms. The highest BCUT2D eigenvalue weighted by Crippen LogP contribution is 2.40. The lowest BCUT2D eigenvalue weighted by Gasteiger charge is -2.32. The van der Waals surface area contributed by atoms with E-state index < -0.39 is 0 Å². The number of aryl methyl sites for hydroxylation is 1. The Balaban J connectivity index is 1.67. The van der Waals surface area contributed by atoms with Gasteiger partial charge in [0.05, 0.1) is 0 Å². The molecule has 1 atom stereocenters. The number of nitrogens with one attached hydrogen (secondary N) is 1. The third-order valence-electron chi connectivity index (χ3n) is 4.90. The van der Waals surface area contributed by atoms with Crippen LogP contribution in [0.1, 0.15) is 56.6 Å². The van der Waals surface area contributed by atoms with Gasteiger partial charge in [0.2, 0.25) is 0 Å². The number of benzene rings is 1. The highest BCUT2D eigenvalue weighted by atomic mass is 15.0. The van der Waals surface area contributed by atoms with Crippen LogP contribution in [0.5, 0.6) is 0 Å². The number of fused-ring (bicyclic) bond motifs is 1. The zero-order valence-corrected chi connectivity index (χ0v) is 11.7. The van der Waals surface area contributed by atoms with Gasteiger partial charge in [-0.2, -0.15) is 0 Å². The molecule has 1 N–H and O–H groups in total. The van der Waals surface area contributed by atoms with Crippen LogP contribution in [0.15, 0.2) is 24.3 Å².